The van der Waals surface area contributed by atoms with Gasteiger partial charge in [0.25, 0.3) is 0 Å². The summed E-state index contributed by atoms with van der Waals surface area (Å²) in [6.45, 7) is 1.76. The molecule has 0 aromatic rings. The second-order valence-electron chi connectivity index (χ2n) is 2.23. The van der Waals surface area contributed by atoms with Gasteiger partial charge in [-0.3, -0.25) is 0 Å². The van der Waals surface area contributed by atoms with E-state index in [0.717, 1.165) is 0 Å². The smallest absolute Gasteiger partial charge is 0.330 e. The van der Waals surface area contributed by atoms with Crippen LogP contribution in [0.15, 0.2) is 12.2 Å². The third-order valence-corrected chi connectivity index (χ3v) is 1.16. The molecule has 0 rings (SSSR count). The van der Waals surface area contributed by atoms with Crippen molar-refractivity contribution in [3.05, 3.63) is 12.2 Å². The minimum Gasteiger partial charge on any atom is -0.463 e. The van der Waals surface area contributed by atoms with Crippen molar-refractivity contribution >= 4 is 5.97 Å². The van der Waals surface area contributed by atoms with Crippen molar-refractivity contribution in [1.29, 1.82) is 0 Å². The first-order valence-corrected chi connectivity index (χ1v) is 3.83. The number of rotatable bonds is 5. The van der Waals surface area contributed by atoms with Crippen molar-refractivity contribution in [1.82, 2.24) is 0 Å². The fraction of sp³-hybridized carbons (Fsp3) is 0.625. The Bertz CT molecular complexity index is 153. The minimum atomic E-state index is -0.796. The molecule has 0 aliphatic heterocycles. The van der Waals surface area contributed by atoms with E-state index in [1.807, 2.05) is 0 Å². The van der Waals surface area contributed by atoms with Gasteiger partial charge in [0, 0.05) is 6.08 Å². The summed E-state index contributed by atoms with van der Waals surface area (Å²) in [5, 5.41) is 17.3. The van der Waals surface area contributed by atoms with Crippen molar-refractivity contribution in [2.75, 3.05) is 13.2 Å². The van der Waals surface area contributed by atoms with E-state index in [9.17, 15) is 4.79 Å². The molecule has 0 radical (unpaired) electrons. The lowest BCUT2D eigenvalue weighted by Gasteiger charge is -2.00. The van der Waals surface area contributed by atoms with Gasteiger partial charge in [0.05, 0.1) is 19.3 Å². The number of carbonyl (C=O) groups excluding carboxylic acids is 1. The number of ether oxygens (including phenoxy) is 1. The first-order valence-electron chi connectivity index (χ1n) is 3.83. The van der Waals surface area contributed by atoms with Crippen LogP contribution in [0.3, 0.4) is 0 Å². The Morgan fingerprint density at radius 1 is 1.67 bits per heavy atom. The summed E-state index contributed by atoms with van der Waals surface area (Å²) in [5.41, 5.74) is 0. The lowest BCUT2D eigenvalue weighted by molar-refractivity contribution is -0.137. The summed E-state index contributed by atoms with van der Waals surface area (Å²) in [6, 6.07) is 0. The molecule has 4 nitrogen and oxygen atoms in total. The van der Waals surface area contributed by atoms with Crippen molar-refractivity contribution in [2.24, 2.45) is 0 Å². The summed E-state index contributed by atoms with van der Waals surface area (Å²) in [6.07, 6.45) is 2.17. The zero-order chi connectivity index (χ0) is 9.40. The lowest BCUT2D eigenvalue weighted by atomic mass is 10.2. The number of hydrogen-bond donors (Lipinski definition) is 2. The third-order valence-electron chi connectivity index (χ3n) is 1.16. The van der Waals surface area contributed by atoms with E-state index in [4.69, 9.17) is 10.2 Å². The van der Waals surface area contributed by atoms with Crippen LogP contribution in [0.4, 0.5) is 0 Å². The highest BCUT2D eigenvalue weighted by Gasteiger charge is 1.98. The monoisotopic (exact) mass is 174 g/mol. The molecule has 0 spiro atoms. The van der Waals surface area contributed by atoms with Crippen molar-refractivity contribution < 1.29 is 19.7 Å². The molecule has 0 fully saturated rings. The molecule has 1 atom stereocenters. The largest absolute Gasteiger partial charge is 0.463 e. The fourth-order valence-electron chi connectivity index (χ4n) is 0.586. The van der Waals surface area contributed by atoms with Gasteiger partial charge < -0.3 is 14.9 Å². The second kappa shape index (κ2) is 6.82. The zero-order valence-corrected chi connectivity index (χ0v) is 7.06. The molecule has 0 amide bonds. The molecule has 0 heterocycles. The summed E-state index contributed by atoms with van der Waals surface area (Å²) in [5.74, 6) is -0.428. The molecular formula is C8H14O4. The average molecular weight is 174 g/mol. The van der Waals surface area contributed by atoms with Gasteiger partial charge in [0.15, 0.2) is 0 Å². The summed E-state index contributed by atoms with van der Waals surface area (Å²) < 4.78 is 4.59. The van der Waals surface area contributed by atoms with Gasteiger partial charge in [0.1, 0.15) is 0 Å². The summed E-state index contributed by atoms with van der Waals surface area (Å²) in [4.78, 5) is 10.7. The molecule has 0 bridgehead atoms. The predicted octanol–water partition coefficient (Wildman–Crippen LogP) is -0.151. The molecule has 2 N–H and O–H groups in total. The molecule has 1 unspecified atom stereocenters. The van der Waals surface area contributed by atoms with Gasteiger partial charge in [0.2, 0.25) is 0 Å². The van der Waals surface area contributed by atoms with E-state index in [1.165, 1.54) is 12.2 Å². The molecule has 0 aromatic heterocycles. The van der Waals surface area contributed by atoms with Crippen LogP contribution in [0, 0.1) is 0 Å². The third kappa shape index (κ3) is 5.88. The average Bonchev–Trinajstić information content (AvgIpc) is 2.04. The van der Waals surface area contributed by atoms with E-state index in [0.29, 0.717) is 6.61 Å². The van der Waals surface area contributed by atoms with E-state index >= 15 is 0 Å². The minimum absolute atomic E-state index is 0.259. The van der Waals surface area contributed by atoms with Crippen LogP contribution in [-0.4, -0.2) is 35.5 Å². The molecule has 0 aliphatic rings. The van der Waals surface area contributed by atoms with Gasteiger partial charge >= 0.3 is 5.97 Å². The second-order valence-corrected chi connectivity index (χ2v) is 2.23. The van der Waals surface area contributed by atoms with E-state index in [2.05, 4.69) is 4.74 Å². The Hall–Kier alpha value is -0.870. The van der Waals surface area contributed by atoms with Crippen molar-refractivity contribution in [2.45, 2.75) is 19.4 Å². The number of aliphatic hydroxyl groups excluding tert-OH is 2. The fourth-order valence-corrected chi connectivity index (χ4v) is 0.586. The Morgan fingerprint density at radius 2 is 2.33 bits per heavy atom. The maximum atomic E-state index is 10.7. The molecule has 4 heteroatoms. The van der Waals surface area contributed by atoms with Crippen molar-refractivity contribution in [3.8, 4) is 0 Å². The van der Waals surface area contributed by atoms with Crippen LogP contribution >= 0.6 is 0 Å². The van der Waals surface area contributed by atoms with E-state index < -0.39 is 12.1 Å². The summed E-state index contributed by atoms with van der Waals surface area (Å²) in [7, 11) is 0. The SMILES string of the molecule is CCOC(=O)C=CCC(O)CO. The van der Waals surface area contributed by atoms with Crippen LogP contribution in [-0.2, 0) is 9.53 Å². The predicted molar refractivity (Wildman–Crippen MR) is 43.5 cm³/mol. The Morgan fingerprint density at radius 3 is 2.83 bits per heavy atom. The van der Waals surface area contributed by atoms with E-state index in [1.54, 1.807) is 6.92 Å². The highest BCUT2D eigenvalue weighted by Crippen LogP contribution is 1.92. The van der Waals surface area contributed by atoms with Gasteiger partial charge in [-0.25, -0.2) is 4.79 Å². The van der Waals surface area contributed by atoms with Crippen LogP contribution in [0.2, 0.25) is 0 Å². The molecule has 70 valence electrons. The van der Waals surface area contributed by atoms with Gasteiger partial charge in [-0.15, -0.1) is 0 Å². The number of carbonyl (C=O) groups is 1. The topological polar surface area (TPSA) is 66.8 Å². The van der Waals surface area contributed by atoms with Crippen LogP contribution in [0.1, 0.15) is 13.3 Å². The zero-order valence-electron chi connectivity index (χ0n) is 7.06. The molecule has 0 aromatic carbocycles. The standard InChI is InChI=1S/C8H14O4/c1-2-12-8(11)5-3-4-7(10)6-9/h3,5,7,9-10H,2,4,6H2,1H3. The van der Waals surface area contributed by atoms with Crippen LogP contribution < -0.4 is 0 Å². The Balaban J connectivity index is 3.54. The number of aliphatic hydroxyl groups is 2. The highest BCUT2D eigenvalue weighted by atomic mass is 16.5. The molecular weight excluding hydrogens is 160 g/mol. The van der Waals surface area contributed by atoms with Gasteiger partial charge in [-0.05, 0) is 13.3 Å². The Kier molecular flexibility index (Phi) is 6.32. The van der Waals surface area contributed by atoms with Gasteiger partial charge in [-0.1, -0.05) is 6.08 Å². The van der Waals surface area contributed by atoms with E-state index in [-0.39, 0.29) is 13.0 Å². The Labute approximate surface area is 71.5 Å². The molecule has 12 heavy (non-hydrogen) atoms. The molecule has 0 saturated carbocycles. The summed E-state index contributed by atoms with van der Waals surface area (Å²) >= 11 is 0. The van der Waals surface area contributed by atoms with Crippen LogP contribution in [0.5, 0.6) is 0 Å². The van der Waals surface area contributed by atoms with Crippen molar-refractivity contribution in [3.63, 3.8) is 0 Å². The highest BCUT2D eigenvalue weighted by molar-refractivity contribution is 5.81. The first-order chi connectivity index (χ1) is 5.70. The van der Waals surface area contributed by atoms with Gasteiger partial charge in [-0.2, -0.15) is 0 Å². The molecule has 0 aliphatic carbocycles. The number of hydrogen-bond acceptors (Lipinski definition) is 4. The maximum Gasteiger partial charge on any atom is 0.330 e. The quantitative estimate of drug-likeness (QED) is 0.449. The normalized spacial score (nSPS) is 13.2. The number of esters is 1. The first kappa shape index (κ1) is 11.1. The van der Waals surface area contributed by atoms with Crippen LogP contribution in [0.25, 0.3) is 0 Å². The lowest BCUT2D eigenvalue weighted by Crippen LogP contribution is -2.10. The molecule has 0 saturated heterocycles. The maximum absolute atomic E-state index is 10.7.